The maximum absolute atomic E-state index is 5.00. The van der Waals surface area contributed by atoms with Crippen molar-refractivity contribution in [2.45, 2.75) is 32.7 Å². The lowest BCUT2D eigenvalue weighted by atomic mass is 10.1. The normalized spacial score (nSPS) is 15.0. The number of rotatable bonds is 3. The molecule has 0 radical (unpaired) electrons. The molecule has 24 heavy (non-hydrogen) atoms. The number of aromatic nitrogens is 1. The highest BCUT2D eigenvalue weighted by atomic mass is 79.9. The van der Waals surface area contributed by atoms with Crippen molar-refractivity contribution in [3.05, 3.63) is 68.2 Å². The lowest BCUT2D eigenvalue weighted by Crippen LogP contribution is -2.14. The molecule has 0 saturated heterocycles. The molecule has 0 amide bonds. The standard InChI is InChI=1S/C20H19BrN2S/c1-13-7-8-14(2)18(11-13)22-20-23(15-9-10-15)19(12-24-20)16-5-3-4-6-17(16)21/h3-8,11-12,15H,9-10H2,1-2H3. The topological polar surface area (TPSA) is 17.3 Å². The molecule has 1 aliphatic carbocycles. The highest BCUT2D eigenvalue weighted by Crippen LogP contribution is 2.39. The first-order valence-electron chi connectivity index (χ1n) is 8.20. The van der Waals surface area contributed by atoms with Gasteiger partial charge in [0.1, 0.15) is 0 Å². The van der Waals surface area contributed by atoms with Crippen LogP contribution in [-0.4, -0.2) is 4.57 Å². The van der Waals surface area contributed by atoms with Gasteiger partial charge in [0, 0.05) is 21.5 Å². The summed E-state index contributed by atoms with van der Waals surface area (Å²) in [5, 5.41) is 2.24. The molecule has 2 aromatic carbocycles. The molecule has 0 bridgehead atoms. The third kappa shape index (κ3) is 3.01. The number of nitrogens with zero attached hydrogens (tertiary/aromatic N) is 2. The van der Waals surface area contributed by atoms with E-state index in [9.17, 15) is 0 Å². The molecule has 1 fully saturated rings. The Hall–Kier alpha value is -1.65. The van der Waals surface area contributed by atoms with Crippen LogP contribution >= 0.6 is 27.3 Å². The van der Waals surface area contributed by atoms with Crippen LogP contribution in [0.3, 0.4) is 0 Å². The molecule has 122 valence electrons. The molecule has 1 heterocycles. The van der Waals surface area contributed by atoms with Gasteiger partial charge in [-0.05, 0) is 49.9 Å². The van der Waals surface area contributed by atoms with E-state index >= 15 is 0 Å². The smallest absolute Gasteiger partial charge is 0.190 e. The van der Waals surface area contributed by atoms with E-state index < -0.39 is 0 Å². The van der Waals surface area contributed by atoms with Gasteiger partial charge in [0.2, 0.25) is 0 Å². The maximum Gasteiger partial charge on any atom is 0.190 e. The van der Waals surface area contributed by atoms with Crippen LogP contribution in [-0.2, 0) is 0 Å². The van der Waals surface area contributed by atoms with Crippen molar-refractivity contribution in [1.82, 2.24) is 4.57 Å². The van der Waals surface area contributed by atoms with Gasteiger partial charge in [0.25, 0.3) is 0 Å². The monoisotopic (exact) mass is 398 g/mol. The summed E-state index contributed by atoms with van der Waals surface area (Å²) < 4.78 is 3.56. The van der Waals surface area contributed by atoms with Gasteiger partial charge in [0.15, 0.2) is 4.80 Å². The van der Waals surface area contributed by atoms with E-state index in [1.807, 2.05) is 0 Å². The van der Waals surface area contributed by atoms with E-state index in [1.165, 1.54) is 35.2 Å². The Bertz CT molecular complexity index is 964. The summed E-state index contributed by atoms with van der Waals surface area (Å²) in [6.07, 6.45) is 2.49. The minimum Gasteiger partial charge on any atom is -0.313 e. The van der Waals surface area contributed by atoms with Crippen LogP contribution in [0.15, 0.2) is 57.3 Å². The Morgan fingerprint density at radius 3 is 2.67 bits per heavy atom. The van der Waals surface area contributed by atoms with E-state index in [-0.39, 0.29) is 0 Å². The SMILES string of the molecule is Cc1ccc(C)c(N=c2scc(-c3ccccc3Br)n2C2CC2)c1. The van der Waals surface area contributed by atoms with Crippen molar-refractivity contribution in [3.63, 3.8) is 0 Å². The van der Waals surface area contributed by atoms with Gasteiger partial charge in [-0.3, -0.25) is 0 Å². The lowest BCUT2D eigenvalue weighted by Gasteiger charge is -2.09. The van der Waals surface area contributed by atoms with E-state index in [0.717, 1.165) is 15.0 Å². The minimum atomic E-state index is 0.585. The van der Waals surface area contributed by atoms with Crippen molar-refractivity contribution in [2.75, 3.05) is 0 Å². The molecular weight excluding hydrogens is 380 g/mol. The van der Waals surface area contributed by atoms with Gasteiger partial charge < -0.3 is 4.57 Å². The molecule has 4 rings (SSSR count). The molecule has 1 saturated carbocycles. The Morgan fingerprint density at radius 2 is 1.92 bits per heavy atom. The Kier molecular flexibility index (Phi) is 4.19. The van der Waals surface area contributed by atoms with Crippen molar-refractivity contribution < 1.29 is 0 Å². The zero-order valence-corrected chi connectivity index (χ0v) is 16.2. The van der Waals surface area contributed by atoms with Crippen LogP contribution in [0.1, 0.15) is 30.0 Å². The molecule has 0 N–H and O–H groups in total. The minimum absolute atomic E-state index is 0.585. The first-order chi connectivity index (χ1) is 11.6. The maximum atomic E-state index is 5.00. The Labute approximate surface area is 154 Å². The Balaban J connectivity index is 1.90. The first kappa shape index (κ1) is 15.9. The van der Waals surface area contributed by atoms with Gasteiger partial charge >= 0.3 is 0 Å². The third-order valence-electron chi connectivity index (χ3n) is 4.38. The first-order valence-corrected chi connectivity index (χ1v) is 9.87. The van der Waals surface area contributed by atoms with Gasteiger partial charge in [-0.2, -0.15) is 0 Å². The summed E-state index contributed by atoms with van der Waals surface area (Å²) in [5.74, 6) is 0. The summed E-state index contributed by atoms with van der Waals surface area (Å²) in [7, 11) is 0. The predicted octanol–water partition coefficient (Wildman–Crippen LogP) is 6.16. The molecular formula is C20H19BrN2S. The number of thiazole rings is 1. The summed E-state index contributed by atoms with van der Waals surface area (Å²) in [6.45, 7) is 4.25. The van der Waals surface area contributed by atoms with Crippen LogP contribution in [0.4, 0.5) is 5.69 Å². The van der Waals surface area contributed by atoms with Gasteiger partial charge in [-0.25, -0.2) is 4.99 Å². The summed E-state index contributed by atoms with van der Waals surface area (Å²) in [6, 6.07) is 15.5. The van der Waals surface area contributed by atoms with Crippen molar-refractivity contribution in [3.8, 4) is 11.3 Å². The number of hydrogen-bond acceptors (Lipinski definition) is 2. The average molecular weight is 399 g/mol. The number of hydrogen-bond donors (Lipinski definition) is 0. The van der Waals surface area contributed by atoms with Crippen molar-refractivity contribution >= 4 is 33.0 Å². The zero-order valence-electron chi connectivity index (χ0n) is 13.8. The van der Waals surface area contributed by atoms with Crippen molar-refractivity contribution in [1.29, 1.82) is 0 Å². The van der Waals surface area contributed by atoms with Crippen LogP contribution in [0.5, 0.6) is 0 Å². The molecule has 4 heteroatoms. The van der Waals surface area contributed by atoms with E-state index in [1.54, 1.807) is 11.3 Å². The molecule has 0 atom stereocenters. The quantitative estimate of drug-likeness (QED) is 0.502. The lowest BCUT2D eigenvalue weighted by molar-refractivity contribution is 0.724. The number of benzene rings is 2. The summed E-state index contributed by atoms with van der Waals surface area (Å²) >= 11 is 5.43. The second kappa shape index (κ2) is 6.34. The zero-order chi connectivity index (χ0) is 16.7. The molecule has 0 aliphatic heterocycles. The second-order valence-electron chi connectivity index (χ2n) is 6.39. The van der Waals surface area contributed by atoms with Crippen LogP contribution < -0.4 is 4.80 Å². The van der Waals surface area contributed by atoms with Gasteiger partial charge in [-0.15, -0.1) is 11.3 Å². The third-order valence-corrected chi connectivity index (χ3v) is 5.92. The largest absolute Gasteiger partial charge is 0.313 e. The number of halogens is 1. The fraction of sp³-hybridized carbons (Fsp3) is 0.250. The van der Waals surface area contributed by atoms with Gasteiger partial charge in [0.05, 0.1) is 11.4 Å². The van der Waals surface area contributed by atoms with E-state index in [2.05, 4.69) is 82.2 Å². The average Bonchev–Trinajstić information content (AvgIpc) is 3.32. The second-order valence-corrected chi connectivity index (χ2v) is 8.08. The predicted molar refractivity (Wildman–Crippen MR) is 105 cm³/mol. The van der Waals surface area contributed by atoms with E-state index in [4.69, 9.17) is 4.99 Å². The van der Waals surface area contributed by atoms with E-state index in [0.29, 0.717) is 6.04 Å². The summed E-state index contributed by atoms with van der Waals surface area (Å²) in [4.78, 5) is 6.10. The number of aryl methyl sites for hydroxylation is 2. The Morgan fingerprint density at radius 1 is 1.12 bits per heavy atom. The molecule has 3 aromatic rings. The fourth-order valence-corrected chi connectivity index (χ4v) is 4.35. The molecule has 1 aliphatic rings. The van der Waals surface area contributed by atoms with Crippen LogP contribution in [0.25, 0.3) is 11.3 Å². The van der Waals surface area contributed by atoms with Crippen molar-refractivity contribution in [2.24, 2.45) is 4.99 Å². The highest BCUT2D eigenvalue weighted by molar-refractivity contribution is 9.10. The molecule has 1 aromatic heterocycles. The fourth-order valence-electron chi connectivity index (χ4n) is 2.90. The summed E-state index contributed by atoms with van der Waals surface area (Å²) in [5.41, 5.74) is 6.05. The molecule has 0 unspecified atom stereocenters. The highest BCUT2D eigenvalue weighted by Gasteiger charge is 2.27. The molecule has 0 spiro atoms. The molecule has 2 nitrogen and oxygen atoms in total. The van der Waals surface area contributed by atoms with Crippen LogP contribution in [0.2, 0.25) is 0 Å². The van der Waals surface area contributed by atoms with Crippen LogP contribution in [0, 0.1) is 13.8 Å². The van der Waals surface area contributed by atoms with Gasteiger partial charge in [-0.1, -0.05) is 46.3 Å².